The number of hydrogen-bond donors (Lipinski definition) is 1. The van der Waals surface area contributed by atoms with Gasteiger partial charge in [-0.25, -0.2) is 5.43 Å². The minimum atomic E-state index is -0.266. The molecular formula is C26H26N2O. The van der Waals surface area contributed by atoms with E-state index in [4.69, 9.17) is 0 Å². The molecule has 1 saturated carbocycles. The SMILES string of the molecule is Cc1cc(C)c(C=NNC(=O)C2CC2(c2ccccc2)c2ccccc2)c(C)c1. The van der Waals surface area contributed by atoms with Crippen LogP contribution in [0.4, 0.5) is 0 Å². The Kier molecular flexibility index (Phi) is 5.06. The number of rotatable bonds is 5. The van der Waals surface area contributed by atoms with E-state index < -0.39 is 0 Å². The molecule has 0 spiro atoms. The third-order valence-electron chi connectivity index (χ3n) is 5.96. The van der Waals surface area contributed by atoms with Crippen molar-refractivity contribution in [3.63, 3.8) is 0 Å². The average molecular weight is 383 g/mol. The summed E-state index contributed by atoms with van der Waals surface area (Å²) < 4.78 is 0. The van der Waals surface area contributed by atoms with Gasteiger partial charge in [-0.15, -0.1) is 0 Å². The molecule has 0 saturated heterocycles. The summed E-state index contributed by atoms with van der Waals surface area (Å²) in [5, 5.41) is 4.28. The molecule has 1 atom stereocenters. The lowest BCUT2D eigenvalue weighted by Gasteiger charge is -2.18. The van der Waals surface area contributed by atoms with E-state index in [0.29, 0.717) is 0 Å². The highest BCUT2D eigenvalue weighted by Crippen LogP contribution is 2.58. The van der Waals surface area contributed by atoms with Crippen molar-refractivity contribution in [2.75, 3.05) is 0 Å². The second-order valence-corrected chi connectivity index (χ2v) is 8.01. The molecule has 146 valence electrons. The molecule has 1 fully saturated rings. The van der Waals surface area contributed by atoms with Crippen LogP contribution in [0.5, 0.6) is 0 Å². The fraction of sp³-hybridized carbons (Fsp3) is 0.231. The number of aryl methyl sites for hydroxylation is 3. The second kappa shape index (κ2) is 7.67. The smallest absolute Gasteiger partial charge is 0.244 e. The first kappa shape index (κ1) is 19.1. The molecule has 3 heteroatoms. The molecule has 0 bridgehead atoms. The number of benzene rings is 3. The van der Waals surface area contributed by atoms with Crippen LogP contribution in [-0.2, 0) is 10.2 Å². The summed E-state index contributed by atoms with van der Waals surface area (Å²) >= 11 is 0. The van der Waals surface area contributed by atoms with Crippen molar-refractivity contribution in [2.45, 2.75) is 32.6 Å². The predicted octanol–water partition coefficient (Wildman–Crippen LogP) is 5.07. The zero-order chi connectivity index (χ0) is 20.4. The predicted molar refractivity (Wildman–Crippen MR) is 118 cm³/mol. The van der Waals surface area contributed by atoms with Crippen molar-refractivity contribution < 1.29 is 4.79 Å². The van der Waals surface area contributed by atoms with Gasteiger partial charge in [-0.05, 0) is 49.4 Å². The summed E-state index contributed by atoms with van der Waals surface area (Å²) in [6.45, 7) is 6.22. The van der Waals surface area contributed by atoms with E-state index in [1.807, 2.05) is 36.4 Å². The largest absolute Gasteiger partial charge is 0.273 e. The lowest BCUT2D eigenvalue weighted by Crippen LogP contribution is -2.25. The topological polar surface area (TPSA) is 41.5 Å². The number of carbonyl (C=O) groups is 1. The summed E-state index contributed by atoms with van der Waals surface area (Å²) in [7, 11) is 0. The van der Waals surface area contributed by atoms with E-state index in [1.54, 1.807) is 6.21 Å². The standard InChI is InChI=1S/C26H26N2O/c1-18-14-19(2)23(20(3)15-18)17-27-28-25(29)24-16-26(24,21-10-6-4-7-11-21)22-12-8-5-9-13-22/h4-15,17,24H,16H2,1-3H3,(H,28,29). The van der Waals surface area contributed by atoms with Crippen LogP contribution in [0.25, 0.3) is 0 Å². The summed E-state index contributed by atoms with van der Waals surface area (Å²) in [4.78, 5) is 13.0. The lowest BCUT2D eigenvalue weighted by atomic mass is 9.85. The maximum atomic E-state index is 13.0. The van der Waals surface area contributed by atoms with Crippen LogP contribution < -0.4 is 5.43 Å². The molecule has 4 rings (SSSR count). The fourth-order valence-electron chi connectivity index (χ4n) is 4.49. The summed E-state index contributed by atoms with van der Waals surface area (Å²) in [6, 6.07) is 24.9. The highest BCUT2D eigenvalue weighted by atomic mass is 16.2. The molecule has 1 N–H and O–H groups in total. The molecule has 1 amide bonds. The van der Waals surface area contributed by atoms with Gasteiger partial charge in [0.2, 0.25) is 5.91 Å². The molecule has 0 radical (unpaired) electrons. The first-order valence-electron chi connectivity index (χ1n) is 10.0. The Labute approximate surface area is 172 Å². The van der Waals surface area contributed by atoms with Gasteiger partial charge >= 0.3 is 0 Å². The molecule has 0 aliphatic heterocycles. The zero-order valence-electron chi connectivity index (χ0n) is 17.1. The summed E-state index contributed by atoms with van der Waals surface area (Å²) in [5.41, 5.74) is 9.50. The van der Waals surface area contributed by atoms with Crippen molar-refractivity contribution in [3.05, 3.63) is 106 Å². The second-order valence-electron chi connectivity index (χ2n) is 8.01. The van der Waals surface area contributed by atoms with Gasteiger partial charge in [0, 0.05) is 11.0 Å². The Hall–Kier alpha value is -3.20. The van der Waals surface area contributed by atoms with Crippen LogP contribution in [0, 0.1) is 26.7 Å². The Balaban J connectivity index is 1.55. The number of nitrogens with zero attached hydrogens (tertiary/aromatic N) is 1. The van der Waals surface area contributed by atoms with Gasteiger partial charge in [-0.1, -0.05) is 78.4 Å². The molecule has 29 heavy (non-hydrogen) atoms. The van der Waals surface area contributed by atoms with Gasteiger partial charge in [0.15, 0.2) is 0 Å². The zero-order valence-corrected chi connectivity index (χ0v) is 17.1. The number of hydrazone groups is 1. The lowest BCUT2D eigenvalue weighted by molar-refractivity contribution is -0.122. The fourth-order valence-corrected chi connectivity index (χ4v) is 4.49. The summed E-state index contributed by atoms with van der Waals surface area (Å²) in [6.07, 6.45) is 2.56. The van der Waals surface area contributed by atoms with Crippen molar-refractivity contribution in [1.82, 2.24) is 5.43 Å². The van der Waals surface area contributed by atoms with E-state index in [1.165, 1.54) is 16.7 Å². The van der Waals surface area contributed by atoms with Crippen molar-refractivity contribution >= 4 is 12.1 Å². The van der Waals surface area contributed by atoms with E-state index in [0.717, 1.165) is 23.1 Å². The third kappa shape index (κ3) is 3.61. The van der Waals surface area contributed by atoms with Gasteiger partial charge in [0.1, 0.15) is 0 Å². The van der Waals surface area contributed by atoms with Crippen LogP contribution >= 0.6 is 0 Å². The maximum Gasteiger partial charge on any atom is 0.244 e. The van der Waals surface area contributed by atoms with Crippen LogP contribution in [0.3, 0.4) is 0 Å². The van der Waals surface area contributed by atoms with E-state index in [-0.39, 0.29) is 17.2 Å². The van der Waals surface area contributed by atoms with E-state index in [9.17, 15) is 4.79 Å². The third-order valence-corrected chi connectivity index (χ3v) is 5.96. The quantitative estimate of drug-likeness (QED) is 0.486. The molecule has 0 aromatic heterocycles. The monoisotopic (exact) mass is 382 g/mol. The van der Waals surface area contributed by atoms with Crippen molar-refractivity contribution in [1.29, 1.82) is 0 Å². The van der Waals surface area contributed by atoms with Gasteiger partial charge in [0.25, 0.3) is 0 Å². The summed E-state index contributed by atoms with van der Waals surface area (Å²) in [5.74, 6) is -0.152. The van der Waals surface area contributed by atoms with Gasteiger partial charge in [0.05, 0.1) is 12.1 Å². The average Bonchev–Trinajstić information content (AvgIpc) is 3.48. The first-order valence-corrected chi connectivity index (χ1v) is 10.0. The van der Waals surface area contributed by atoms with Gasteiger partial charge < -0.3 is 0 Å². The highest BCUT2D eigenvalue weighted by Gasteiger charge is 2.60. The molecule has 1 aliphatic carbocycles. The number of hydrogen-bond acceptors (Lipinski definition) is 2. The Morgan fingerprint density at radius 3 is 1.97 bits per heavy atom. The van der Waals surface area contributed by atoms with E-state index in [2.05, 4.69) is 67.7 Å². The van der Waals surface area contributed by atoms with Crippen LogP contribution in [0.2, 0.25) is 0 Å². The Bertz CT molecular complexity index is 992. The molecule has 1 aliphatic rings. The molecule has 3 aromatic carbocycles. The molecular weight excluding hydrogens is 356 g/mol. The van der Waals surface area contributed by atoms with Crippen LogP contribution in [0.15, 0.2) is 77.9 Å². The normalized spacial score (nSPS) is 17.3. The first-order chi connectivity index (χ1) is 14.0. The van der Waals surface area contributed by atoms with Crippen molar-refractivity contribution in [2.24, 2.45) is 11.0 Å². The molecule has 0 heterocycles. The Morgan fingerprint density at radius 2 is 1.45 bits per heavy atom. The minimum absolute atomic E-state index is 0.0311. The van der Waals surface area contributed by atoms with E-state index >= 15 is 0 Å². The number of amides is 1. The minimum Gasteiger partial charge on any atom is -0.273 e. The molecule has 1 unspecified atom stereocenters. The van der Waals surface area contributed by atoms with Gasteiger partial charge in [-0.3, -0.25) is 4.79 Å². The Morgan fingerprint density at radius 1 is 0.931 bits per heavy atom. The number of nitrogens with one attached hydrogen (secondary N) is 1. The van der Waals surface area contributed by atoms with Crippen LogP contribution in [-0.4, -0.2) is 12.1 Å². The number of carbonyl (C=O) groups excluding carboxylic acids is 1. The maximum absolute atomic E-state index is 13.0. The highest BCUT2D eigenvalue weighted by molar-refractivity contribution is 5.88. The van der Waals surface area contributed by atoms with Crippen LogP contribution in [0.1, 0.15) is 39.8 Å². The molecule has 3 aromatic rings. The molecule has 3 nitrogen and oxygen atoms in total. The van der Waals surface area contributed by atoms with Crippen molar-refractivity contribution in [3.8, 4) is 0 Å². The van der Waals surface area contributed by atoms with Gasteiger partial charge in [-0.2, -0.15) is 5.10 Å².